The highest BCUT2D eigenvalue weighted by atomic mass is 127. The summed E-state index contributed by atoms with van der Waals surface area (Å²) < 4.78 is 2.93. The van der Waals surface area contributed by atoms with Gasteiger partial charge in [-0.2, -0.15) is 10.1 Å². The first-order valence-electron chi connectivity index (χ1n) is 5.84. The molecular weight excluding hydrogens is 369 g/mol. The average Bonchev–Trinajstić information content (AvgIpc) is 3.09. The lowest BCUT2D eigenvalue weighted by Gasteiger charge is -2.09. The Morgan fingerprint density at radius 2 is 2.20 bits per heavy atom. The van der Waals surface area contributed by atoms with Crippen LogP contribution in [0.5, 0.6) is 0 Å². The van der Waals surface area contributed by atoms with Crippen LogP contribution in [-0.4, -0.2) is 25.7 Å². The second-order valence-electron chi connectivity index (χ2n) is 4.03. The minimum Gasteiger partial charge on any atom is -0.312 e. The second kappa shape index (κ2) is 5.45. The van der Waals surface area contributed by atoms with Crippen LogP contribution in [0.3, 0.4) is 0 Å². The predicted molar refractivity (Wildman–Crippen MR) is 82.8 cm³/mol. The molecule has 1 amide bonds. The summed E-state index contributed by atoms with van der Waals surface area (Å²) in [4.78, 5) is 16.1. The summed E-state index contributed by atoms with van der Waals surface area (Å²) in [6.07, 6.45) is 3.19. The van der Waals surface area contributed by atoms with Crippen LogP contribution in [0.15, 0.2) is 48.9 Å². The molecule has 2 N–H and O–H groups in total. The molecule has 0 fully saturated rings. The Labute approximate surface area is 128 Å². The monoisotopic (exact) mass is 379 g/mol. The minimum atomic E-state index is -0.245. The number of hydrogen-bond acceptors (Lipinski definition) is 3. The van der Waals surface area contributed by atoms with Crippen LogP contribution in [0.25, 0.3) is 5.69 Å². The summed E-state index contributed by atoms with van der Waals surface area (Å²) in [6.45, 7) is 0. The zero-order valence-electron chi connectivity index (χ0n) is 10.2. The van der Waals surface area contributed by atoms with E-state index in [1.54, 1.807) is 6.07 Å². The molecule has 0 saturated heterocycles. The fourth-order valence-corrected chi connectivity index (χ4v) is 2.38. The number of aromatic nitrogens is 4. The van der Waals surface area contributed by atoms with E-state index in [1.165, 1.54) is 6.33 Å². The quantitative estimate of drug-likeness (QED) is 0.687. The van der Waals surface area contributed by atoms with Crippen molar-refractivity contribution in [3.63, 3.8) is 0 Å². The molecule has 0 radical (unpaired) electrons. The summed E-state index contributed by atoms with van der Waals surface area (Å²) in [5, 5.41) is 8.94. The van der Waals surface area contributed by atoms with E-state index in [0.29, 0.717) is 11.6 Å². The van der Waals surface area contributed by atoms with Gasteiger partial charge in [0.05, 0.1) is 0 Å². The standard InChI is InChI=1S/C13H10IN5O/c14-9-3-1-4-10(7-9)19-6-2-5-11(19)12(20)17-13-15-8-16-18-13/h1-8H,(H2,15,16,17,18,20). The zero-order valence-corrected chi connectivity index (χ0v) is 12.4. The molecule has 0 atom stereocenters. The minimum absolute atomic E-state index is 0.245. The SMILES string of the molecule is O=C(Nc1ncn[nH]1)c1cccn1-c1cccc(I)c1. The molecule has 2 aromatic heterocycles. The lowest BCUT2D eigenvalue weighted by molar-refractivity contribution is 0.102. The molecule has 0 saturated carbocycles. The fourth-order valence-electron chi connectivity index (χ4n) is 1.85. The van der Waals surface area contributed by atoms with Gasteiger partial charge in [0, 0.05) is 15.5 Å². The first-order chi connectivity index (χ1) is 9.74. The number of nitrogens with zero attached hydrogens (tertiary/aromatic N) is 3. The number of hydrogen-bond donors (Lipinski definition) is 2. The summed E-state index contributed by atoms with van der Waals surface area (Å²) in [6, 6.07) is 11.5. The summed E-state index contributed by atoms with van der Waals surface area (Å²) in [7, 11) is 0. The van der Waals surface area contributed by atoms with Crippen LogP contribution in [-0.2, 0) is 0 Å². The van der Waals surface area contributed by atoms with E-state index in [1.807, 2.05) is 41.1 Å². The maximum Gasteiger partial charge on any atom is 0.274 e. The molecule has 0 aliphatic carbocycles. The van der Waals surface area contributed by atoms with Gasteiger partial charge < -0.3 is 4.57 Å². The van der Waals surface area contributed by atoms with Gasteiger partial charge in [-0.3, -0.25) is 10.1 Å². The van der Waals surface area contributed by atoms with E-state index < -0.39 is 0 Å². The number of H-pyrrole nitrogens is 1. The first-order valence-corrected chi connectivity index (χ1v) is 6.92. The Balaban J connectivity index is 1.92. The van der Waals surface area contributed by atoms with Gasteiger partial charge in [0.2, 0.25) is 5.95 Å². The van der Waals surface area contributed by atoms with Crippen LogP contribution in [0, 0.1) is 3.57 Å². The van der Waals surface area contributed by atoms with Crippen LogP contribution in [0.4, 0.5) is 5.95 Å². The molecule has 3 rings (SSSR count). The van der Waals surface area contributed by atoms with Crippen molar-refractivity contribution in [1.29, 1.82) is 0 Å². The van der Waals surface area contributed by atoms with Crippen molar-refractivity contribution in [2.24, 2.45) is 0 Å². The van der Waals surface area contributed by atoms with Crippen molar-refractivity contribution in [3.05, 3.63) is 58.2 Å². The van der Waals surface area contributed by atoms with E-state index in [-0.39, 0.29) is 5.91 Å². The van der Waals surface area contributed by atoms with Gasteiger partial charge in [0.15, 0.2) is 0 Å². The van der Waals surface area contributed by atoms with Crippen molar-refractivity contribution in [3.8, 4) is 5.69 Å². The molecule has 1 aromatic carbocycles. The third-order valence-corrected chi connectivity index (χ3v) is 3.39. The normalized spacial score (nSPS) is 10.4. The van der Waals surface area contributed by atoms with Crippen LogP contribution < -0.4 is 5.32 Å². The highest BCUT2D eigenvalue weighted by Crippen LogP contribution is 2.16. The number of carbonyl (C=O) groups is 1. The summed E-state index contributed by atoms with van der Waals surface area (Å²) in [5.74, 6) is 0.0796. The Morgan fingerprint density at radius 3 is 2.95 bits per heavy atom. The van der Waals surface area contributed by atoms with Gasteiger partial charge in [-0.25, -0.2) is 5.10 Å². The van der Waals surface area contributed by atoms with E-state index in [2.05, 4.69) is 43.1 Å². The number of aromatic amines is 1. The van der Waals surface area contributed by atoms with Crippen molar-refractivity contribution >= 4 is 34.4 Å². The Morgan fingerprint density at radius 1 is 1.30 bits per heavy atom. The fraction of sp³-hybridized carbons (Fsp3) is 0. The first kappa shape index (κ1) is 12.9. The molecule has 6 nitrogen and oxygen atoms in total. The van der Waals surface area contributed by atoms with Gasteiger partial charge in [-0.05, 0) is 52.9 Å². The smallest absolute Gasteiger partial charge is 0.274 e. The van der Waals surface area contributed by atoms with Crippen molar-refractivity contribution < 1.29 is 4.79 Å². The number of anilines is 1. The van der Waals surface area contributed by atoms with Crippen molar-refractivity contribution in [2.75, 3.05) is 5.32 Å². The molecule has 0 aliphatic heterocycles. The molecule has 0 aliphatic rings. The maximum atomic E-state index is 12.2. The number of benzene rings is 1. The summed E-state index contributed by atoms with van der Waals surface area (Å²) in [5.41, 5.74) is 1.47. The largest absolute Gasteiger partial charge is 0.312 e. The molecule has 3 aromatic rings. The second-order valence-corrected chi connectivity index (χ2v) is 5.28. The molecule has 20 heavy (non-hydrogen) atoms. The Kier molecular flexibility index (Phi) is 3.50. The molecular formula is C13H10IN5O. The zero-order chi connectivity index (χ0) is 13.9. The molecule has 0 bridgehead atoms. The third kappa shape index (κ3) is 2.57. The van der Waals surface area contributed by atoms with Crippen molar-refractivity contribution in [1.82, 2.24) is 19.7 Å². The lowest BCUT2D eigenvalue weighted by atomic mass is 10.3. The van der Waals surface area contributed by atoms with Crippen molar-refractivity contribution in [2.45, 2.75) is 0 Å². The van der Waals surface area contributed by atoms with Crippen LogP contribution in [0.2, 0.25) is 0 Å². The van der Waals surface area contributed by atoms with Gasteiger partial charge in [0.25, 0.3) is 5.91 Å². The summed E-state index contributed by atoms with van der Waals surface area (Å²) >= 11 is 2.24. The number of amides is 1. The van der Waals surface area contributed by atoms with E-state index in [4.69, 9.17) is 0 Å². The van der Waals surface area contributed by atoms with E-state index in [9.17, 15) is 4.79 Å². The Bertz CT molecular complexity index is 735. The number of rotatable bonds is 3. The molecule has 0 unspecified atom stereocenters. The molecule has 7 heteroatoms. The molecule has 100 valence electrons. The molecule has 2 heterocycles. The maximum absolute atomic E-state index is 12.2. The average molecular weight is 379 g/mol. The third-order valence-electron chi connectivity index (χ3n) is 2.71. The topological polar surface area (TPSA) is 75.6 Å². The Hall–Kier alpha value is -2.16. The van der Waals surface area contributed by atoms with Gasteiger partial charge >= 0.3 is 0 Å². The lowest BCUT2D eigenvalue weighted by Crippen LogP contribution is -2.16. The van der Waals surface area contributed by atoms with Gasteiger partial charge in [-0.1, -0.05) is 6.07 Å². The predicted octanol–water partition coefficient (Wildman–Crippen LogP) is 2.45. The number of carbonyl (C=O) groups excluding carboxylic acids is 1. The van der Waals surface area contributed by atoms with E-state index >= 15 is 0 Å². The van der Waals surface area contributed by atoms with Gasteiger partial charge in [0.1, 0.15) is 12.0 Å². The number of halogens is 1. The van der Waals surface area contributed by atoms with Gasteiger partial charge in [-0.15, -0.1) is 0 Å². The number of nitrogens with one attached hydrogen (secondary N) is 2. The highest BCUT2D eigenvalue weighted by Gasteiger charge is 2.13. The van der Waals surface area contributed by atoms with Crippen LogP contribution >= 0.6 is 22.6 Å². The molecule has 0 spiro atoms. The highest BCUT2D eigenvalue weighted by molar-refractivity contribution is 14.1. The van der Waals surface area contributed by atoms with E-state index in [0.717, 1.165) is 9.26 Å². The van der Waals surface area contributed by atoms with Crippen LogP contribution in [0.1, 0.15) is 10.5 Å².